The summed E-state index contributed by atoms with van der Waals surface area (Å²) in [4.78, 5) is 22.4. The first-order valence-corrected chi connectivity index (χ1v) is 6.23. The molecule has 1 aliphatic carbocycles. The largest absolute Gasteiger partial charge is 0.481 e. The fourth-order valence-electron chi connectivity index (χ4n) is 1.99. The summed E-state index contributed by atoms with van der Waals surface area (Å²) in [6.45, 7) is 4.33. The number of carboxylic acid groups (broad SMARTS) is 1. The minimum Gasteiger partial charge on any atom is -0.481 e. The Balaban J connectivity index is 2.35. The Labute approximate surface area is 102 Å². The number of carboxylic acids is 1. The van der Waals surface area contributed by atoms with Crippen molar-refractivity contribution in [3.05, 3.63) is 0 Å². The normalized spacial score (nSPS) is 19.2. The van der Waals surface area contributed by atoms with E-state index in [0.29, 0.717) is 6.04 Å². The Morgan fingerprint density at radius 2 is 2.06 bits per heavy atom. The Kier molecular flexibility index (Phi) is 4.93. The van der Waals surface area contributed by atoms with Crippen LogP contribution in [-0.2, 0) is 9.59 Å². The second-order valence-corrected chi connectivity index (χ2v) is 4.94. The van der Waals surface area contributed by atoms with Crippen LogP contribution in [0.4, 0.5) is 0 Å². The van der Waals surface area contributed by atoms with Crippen LogP contribution in [0.3, 0.4) is 0 Å². The molecule has 17 heavy (non-hydrogen) atoms. The van der Waals surface area contributed by atoms with Crippen molar-refractivity contribution in [2.75, 3.05) is 6.54 Å². The van der Waals surface area contributed by atoms with Gasteiger partial charge < -0.3 is 15.7 Å². The van der Waals surface area contributed by atoms with Gasteiger partial charge in [-0.25, -0.2) is 0 Å². The lowest BCUT2D eigenvalue weighted by molar-refractivity contribution is -0.140. The molecule has 5 heteroatoms. The lowest BCUT2D eigenvalue weighted by atomic mass is 9.74. The van der Waals surface area contributed by atoms with E-state index < -0.39 is 11.5 Å². The molecule has 1 fully saturated rings. The standard InChI is InChI=1S/C12H22N2O3/c1-3-9(2)13-8-10(15)14-12(5-4-6-12)7-11(16)17/h9,13H,3-8H2,1-2H3,(H,14,15)(H,16,17). The minimum absolute atomic E-state index is 0.0298. The van der Waals surface area contributed by atoms with Crippen molar-refractivity contribution in [3.63, 3.8) is 0 Å². The van der Waals surface area contributed by atoms with Crippen LogP contribution in [0, 0.1) is 0 Å². The molecule has 1 unspecified atom stereocenters. The van der Waals surface area contributed by atoms with E-state index in [9.17, 15) is 9.59 Å². The van der Waals surface area contributed by atoms with E-state index >= 15 is 0 Å². The predicted octanol–water partition coefficient (Wildman–Crippen LogP) is 0.888. The van der Waals surface area contributed by atoms with Crippen molar-refractivity contribution in [1.29, 1.82) is 0 Å². The van der Waals surface area contributed by atoms with Crippen LogP contribution in [0.1, 0.15) is 46.0 Å². The maximum atomic E-state index is 11.7. The third kappa shape index (κ3) is 4.34. The zero-order chi connectivity index (χ0) is 12.9. The summed E-state index contributed by atoms with van der Waals surface area (Å²) in [5, 5.41) is 14.8. The van der Waals surface area contributed by atoms with Gasteiger partial charge in [0.1, 0.15) is 0 Å². The molecule has 1 saturated carbocycles. The molecule has 3 N–H and O–H groups in total. The van der Waals surface area contributed by atoms with Gasteiger partial charge in [-0.05, 0) is 32.6 Å². The lowest BCUT2D eigenvalue weighted by Gasteiger charge is -2.41. The van der Waals surface area contributed by atoms with Gasteiger partial charge in [0.25, 0.3) is 0 Å². The molecule has 1 amide bonds. The number of hydrogen-bond acceptors (Lipinski definition) is 3. The zero-order valence-electron chi connectivity index (χ0n) is 10.6. The Hall–Kier alpha value is -1.10. The van der Waals surface area contributed by atoms with Crippen LogP contribution < -0.4 is 10.6 Å². The van der Waals surface area contributed by atoms with Crippen molar-refractivity contribution in [2.45, 2.75) is 57.5 Å². The summed E-state index contributed by atoms with van der Waals surface area (Å²) < 4.78 is 0. The summed E-state index contributed by atoms with van der Waals surface area (Å²) in [5.74, 6) is -0.953. The van der Waals surface area contributed by atoms with Gasteiger partial charge in [0, 0.05) is 6.04 Å². The highest BCUT2D eigenvalue weighted by Crippen LogP contribution is 2.34. The number of nitrogens with one attached hydrogen (secondary N) is 2. The summed E-state index contributed by atoms with van der Waals surface area (Å²) in [5.41, 5.74) is -0.486. The van der Waals surface area contributed by atoms with Crippen LogP contribution in [0.15, 0.2) is 0 Å². The topological polar surface area (TPSA) is 78.4 Å². The Morgan fingerprint density at radius 3 is 2.47 bits per heavy atom. The van der Waals surface area contributed by atoms with Gasteiger partial charge in [-0.2, -0.15) is 0 Å². The molecule has 0 aromatic carbocycles. The van der Waals surface area contributed by atoms with E-state index in [-0.39, 0.29) is 18.9 Å². The Bertz CT molecular complexity index is 287. The van der Waals surface area contributed by atoms with Gasteiger partial charge in [-0.15, -0.1) is 0 Å². The molecule has 1 aliphatic rings. The first-order valence-electron chi connectivity index (χ1n) is 6.23. The van der Waals surface area contributed by atoms with Crippen LogP contribution in [-0.4, -0.2) is 35.1 Å². The van der Waals surface area contributed by atoms with E-state index in [1.165, 1.54) is 0 Å². The van der Waals surface area contributed by atoms with Crippen LogP contribution >= 0.6 is 0 Å². The first kappa shape index (κ1) is 14.0. The van der Waals surface area contributed by atoms with E-state index in [2.05, 4.69) is 10.6 Å². The van der Waals surface area contributed by atoms with Crippen molar-refractivity contribution < 1.29 is 14.7 Å². The van der Waals surface area contributed by atoms with Gasteiger partial charge in [0.15, 0.2) is 0 Å². The smallest absolute Gasteiger partial charge is 0.305 e. The third-order valence-electron chi connectivity index (χ3n) is 3.43. The van der Waals surface area contributed by atoms with Crippen molar-refractivity contribution in [2.24, 2.45) is 0 Å². The molecule has 0 saturated heterocycles. The highest BCUT2D eigenvalue weighted by Gasteiger charge is 2.40. The van der Waals surface area contributed by atoms with Gasteiger partial charge in [-0.1, -0.05) is 6.92 Å². The van der Waals surface area contributed by atoms with Crippen LogP contribution in [0.2, 0.25) is 0 Å². The molecule has 1 rings (SSSR count). The number of amides is 1. The van der Waals surface area contributed by atoms with Crippen LogP contribution in [0.25, 0.3) is 0 Å². The van der Waals surface area contributed by atoms with Gasteiger partial charge >= 0.3 is 5.97 Å². The maximum absolute atomic E-state index is 11.7. The first-order chi connectivity index (χ1) is 7.97. The maximum Gasteiger partial charge on any atom is 0.305 e. The molecule has 0 heterocycles. The number of aliphatic carboxylic acids is 1. The average Bonchev–Trinajstić information content (AvgIpc) is 2.22. The summed E-state index contributed by atoms with van der Waals surface area (Å²) in [6.07, 6.45) is 3.53. The van der Waals surface area contributed by atoms with Crippen molar-refractivity contribution in [3.8, 4) is 0 Å². The molecule has 98 valence electrons. The van der Waals surface area contributed by atoms with Crippen molar-refractivity contribution >= 4 is 11.9 Å². The molecular formula is C12H22N2O3. The number of rotatable bonds is 7. The molecule has 5 nitrogen and oxygen atoms in total. The van der Waals surface area contributed by atoms with E-state index in [4.69, 9.17) is 5.11 Å². The summed E-state index contributed by atoms with van der Waals surface area (Å²) >= 11 is 0. The Morgan fingerprint density at radius 1 is 1.41 bits per heavy atom. The molecule has 0 radical (unpaired) electrons. The number of carbonyl (C=O) groups is 2. The second-order valence-electron chi connectivity index (χ2n) is 4.94. The summed E-state index contributed by atoms with van der Waals surface area (Å²) in [7, 11) is 0. The monoisotopic (exact) mass is 242 g/mol. The quantitative estimate of drug-likeness (QED) is 0.619. The average molecular weight is 242 g/mol. The molecule has 0 aromatic heterocycles. The third-order valence-corrected chi connectivity index (χ3v) is 3.43. The molecule has 0 bridgehead atoms. The SMILES string of the molecule is CCC(C)NCC(=O)NC1(CC(=O)O)CCC1. The van der Waals surface area contributed by atoms with Gasteiger partial charge in [0.05, 0.1) is 18.5 Å². The van der Waals surface area contributed by atoms with Crippen molar-refractivity contribution in [1.82, 2.24) is 10.6 Å². The highest BCUT2D eigenvalue weighted by molar-refractivity contribution is 5.80. The van der Waals surface area contributed by atoms with Crippen LogP contribution in [0.5, 0.6) is 0 Å². The molecule has 0 aromatic rings. The molecule has 0 spiro atoms. The van der Waals surface area contributed by atoms with E-state index in [1.807, 2.05) is 13.8 Å². The van der Waals surface area contributed by atoms with E-state index in [1.54, 1.807) is 0 Å². The minimum atomic E-state index is -0.847. The number of carbonyl (C=O) groups excluding carboxylic acids is 1. The number of hydrogen-bond donors (Lipinski definition) is 3. The molecular weight excluding hydrogens is 220 g/mol. The van der Waals surface area contributed by atoms with E-state index in [0.717, 1.165) is 25.7 Å². The second kappa shape index (κ2) is 6.00. The fraction of sp³-hybridized carbons (Fsp3) is 0.833. The fourth-order valence-corrected chi connectivity index (χ4v) is 1.99. The zero-order valence-corrected chi connectivity index (χ0v) is 10.6. The summed E-state index contributed by atoms with van der Waals surface area (Å²) in [6, 6.07) is 0.303. The lowest BCUT2D eigenvalue weighted by Crippen LogP contribution is -2.56. The van der Waals surface area contributed by atoms with Gasteiger partial charge in [0.2, 0.25) is 5.91 Å². The molecule has 1 atom stereocenters. The predicted molar refractivity (Wildman–Crippen MR) is 64.7 cm³/mol. The highest BCUT2D eigenvalue weighted by atomic mass is 16.4. The molecule has 0 aliphatic heterocycles. The van der Waals surface area contributed by atoms with Gasteiger partial charge in [-0.3, -0.25) is 9.59 Å².